The summed E-state index contributed by atoms with van der Waals surface area (Å²) in [6, 6.07) is 10.4. The normalized spacial score (nSPS) is 14.9. The molecule has 5 nitrogen and oxygen atoms in total. The van der Waals surface area contributed by atoms with Gasteiger partial charge in [0.05, 0.1) is 10.0 Å². The van der Waals surface area contributed by atoms with Crippen molar-refractivity contribution in [2.45, 2.75) is 12.8 Å². The summed E-state index contributed by atoms with van der Waals surface area (Å²) in [7, 11) is 0. The molecule has 26 heavy (non-hydrogen) atoms. The maximum Gasteiger partial charge on any atom is 0.227 e. The highest BCUT2D eigenvalue weighted by Crippen LogP contribution is 2.35. The minimum absolute atomic E-state index is 0.0845. The molecule has 1 amide bonds. The predicted molar refractivity (Wildman–Crippen MR) is 104 cm³/mol. The molecule has 2 aromatic carbocycles. The van der Waals surface area contributed by atoms with Crippen LogP contribution in [0, 0.1) is 5.92 Å². The molecule has 0 spiro atoms. The molecule has 0 saturated carbocycles. The summed E-state index contributed by atoms with van der Waals surface area (Å²) in [5.41, 5.74) is 2.16. The van der Waals surface area contributed by atoms with Gasteiger partial charge in [0.2, 0.25) is 5.91 Å². The molecular weight excluding hydrogens is 375 g/mol. The fourth-order valence-electron chi connectivity index (χ4n) is 3.05. The second-order valence-corrected chi connectivity index (χ2v) is 7.06. The number of halogens is 2. The first-order valence-electron chi connectivity index (χ1n) is 8.27. The second-order valence-electron chi connectivity index (χ2n) is 6.25. The van der Waals surface area contributed by atoms with Crippen molar-refractivity contribution in [3.8, 4) is 5.75 Å². The number of rotatable bonds is 4. The van der Waals surface area contributed by atoms with E-state index in [0.29, 0.717) is 11.3 Å². The molecule has 136 valence electrons. The van der Waals surface area contributed by atoms with Gasteiger partial charge in [0.1, 0.15) is 6.29 Å². The SMILES string of the molecule is O=Cc1ccc(N2CCC(C(=O)Nc3cc(Cl)c(O)c(Cl)c3)CC2)cc1. The average molecular weight is 393 g/mol. The van der Waals surface area contributed by atoms with Crippen molar-refractivity contribution in [2.75, 3.05) is 23.3 Å². The van der Waals surface area contributed by atoms with Crippen molar-refractivity contribution >= 4 is 46.8 Å². The summed E-state index contributed by atoms with van der Waals surface area (Å²) in [5.74, 6) is -0.383. The number of phenols is 1. The molecule has 2 aromatic rings. The molecule has 1 heterocycles. The van der Waals surface area contributed by atoms with Crippen molar-refractivity contribution in [3.05, 3.63) is 52.0 Å². The van der Waals surface area contributed by atoms with E-state index in [1.54, 1.807) is 12.1 Å². The first-order chi connectivity index (χ1) is 12.5. The summed E-state index contributed by atoms with van der Waals surface area (Å²) in [4.78, 5) is 25.4. The highest BCUT2D eigenvalue weighted by atomic mass is 35.5. The average Bonchev–Trinajstić information content (AvgIpc) is 2.66. The van der Waals surface area contributed by atoms with E-state index in [2.05, 4.69) is 10.2 Å². The fraction of sp³-hybridized carbons (Fsp3) is 0.263. The number of carbonyl (C=O) groups excluding carboxylic acids is 2. The molecule has 1 fully saturated rings. The number of phenolic OH excluding ortho intramolecular Hbond substituents is 1. The summed E-state index contributed by atoms with van der Waals surface area (Å²) in [5, 5.41) is 12.6. The molecule has 1 aliphatic heterocycles. The van der Waals surface area contributed by atoms with Crippen LogP contribution >= 0.6 is 23.2 Å². The number of nitrogens with zero attached hydrogens (tertiary/aromatic N) is 1. The number of hydrogen-bond acceptors (Lipinski definition) is 4. The van der Waals surface area contributed by atoms with Crippen molar-refractivity contribution < 1.29 is 14.7 Å². The zero-order valence-electron chi connectivity index (χ0n) is 13.9. The molecule has 3 rings (SSSR count). The minimum atomic E-state index is -0.194. The van der Waals surface area contributed by atoms with Crippen molar-refractivity contribution in [2.24, 2.45) is 5.92 Å². The number of anilines is 2. The largest absolute Gasteiger partial charge is 0.505 e. The lowest BCUT2D eigenvalue weighted by molar-refractivity contribution is -0.120. The first kappa shape index (κ1) is 18.5. The molecular formula is C19H18Cl2N2O3. The second kappa shape index (κ2) is 7.98. The molecule has 2 N–H and O–H groups in total. The van der Waals surface area contributed by atoms with Crippen LogP contribution in [0.4, 0.5) is 11.4 Å². The van der Waals surface area contributed by atoms with Crippen LogP contribution in [0.15, 0.2) is 36.4 Å². The van der Waals surface area contributed by atoms with Gasteiger partial charge in [-0.2, -0.15) is 0 Å². The number of aromatic hydroxyl groups is 1. The maximum atomic E-state index is 12.5. The van der Waals surface area contributed by atoms with Crippen molar-refractivity contribution in [1.82, 2.24) is 0 Å². The molecule has 0 aliphatic carbocycles. The highest BCUT2D eigenvalue weighted by molar-refractivity contribution is 6.37. The van der Waals surface area contributed by atoms with E-state index >= 15 is 0 Å². The summed E-state index contributed by atoms with van der Waals surface area (Å²) in [6.45, 7) is 1.52. The van der Waals surface area contributed by atoms with E-state index in [9.17, 15) is 14.7 Å². The van der Waals surface area contributed by atoms with Crippen LogP contribution in [-0.4, -0.2) is 30.4 Å². The quantitative estimate of drug-likeness (QED) is 0.598. The molecule has 7 heteroatoms. The van der Waals surface area contributed by atoms with E-state index in [1.807, 2.05) is 12.1 Å². The van der Waals surface area contributed by atoms with Crippen LogP contribution in [0.3, 0.4) is 0 Å². The van der Waals surface area contributed by atoms with Crippen molar-refractivity contribution in [1.29, 1.82) is 0 Å². The van der Waals surface area contributed by atoms with Crippen LogP contribution in [0.2, 0.25) is 10.0 Å². The molecule has 0 radical (unpaired) electrons. The smallest absolute Gasteiger partial charge is 0.227 e. The third-order valence-corrected chi connectivity index (χ3v) is 5.12. The first-order valence-corrected chi connectivity index (χ1v) is 9.02. The van der Waals surface area contributed by atoms with Gasteiger partial charge in [-0.05, 0) is 49.2 Å². The zero-order valence-corrected chi connectivity index (χ0v) is 15.4. The Morgan fingerprint density at radius 2 is 1.69 bits per heavy atom. The van der Waals surface area contributed by atoms with E-state index in [0.717, 1.165) is 37.9 Å². The Labute approximate surface area is 161 Å². The third-order valence-electron chi connectivity index (χ3n) is 4.54. The molecule has 0 atom stereocenters. The van der Waals surface area contributed by atoms with Gasteiger partial charge in [0.15, 0.2) is 5.75 Å². The number of aldehydes is 1. The zero-order chi connectivity index (χ0) is 18.7. The number of hydrogen-bond donors (Lipinski definition) is 2. The van der Waals surface area contributed by atoms with Crippen LogP contribution in [0.25, 0.3) is 0 Å². The fourth-order valence-corrected chi connectivity index (χ4v) is 3.53. The Morgan fingerprint density at radius 1 is 1.12 bits per heavy atom. The highest BCUT2D eigenvalue weighted by Gasteiger charge is 2.25. The predicted octanol–water partition coefficient (Wildman–Crippen LogP) is 4.37. The summed E-state index contributed by atoms with van der Waals surface area (Å²) >= 11 is 11.8. The summed E-state index contributed by atoms with van der Waals surface area (Å²) in [6.07, 6.45) is 2.27. The Bertz CT molecular complexity index is 793. The standard InChI is InChI=1S/C19H18Cl2N2O3/c20-16-9-14(10-17(21)18(16)25)22-19(26)13-5-7-23(8-6-13)15-3-1-12(11-24)2-4-15/h1-4,9-11,13,25H,5-8H2,(H,22,26). The van der Waals surface area contributed by atoms with Crippen molar-refractivity contribution in [3.63, 3.8) is 0 Å². The number of carbonyl (C=O) groups is 2. The van der Waals surface area contributed by atoms with E-state index in [4.69, 9.17) is 23.2 Å². The van der Waals surface area contributed by atoms with E-state index in [-0.39, 0.29) is 27.6 Å². The van der Waals surface area contributed by atoms with Crippen LogP contribution in [0.1, 0.15) is 23.2 Å². The molecule has 0 bridgehead atoms. The van der Waals surface area contributed by atoms with Gasteiger partial charge in [-0.1, -0.05) is 23.2 Å². The molecule has 1 aliphatic rings. The van der Waals surface area contributed by atoms with Crippen LogP contribution in [-0.2, 0) is 4.79 Å². The number of nitrogens with one attached hydrogen (secondary N) is 1. The Morgan fingerprint density at radius 3 is 2.23 bits per heavy atom. The number of piperidine rings is 1. The van der Waals surface area contributed by atoms with E-state index < -0.39 is 0 Å². The maximum absolute atomic E-state index is 12.5. The molecule has 0 aromatic heterocycles. The van der Waals surface area contributed by atoms with Gasteiger partial charge in [-0.15, -0.1) is 0 Å². The lowest BCUT2D eigenvalue weighted by Gasteiger charge is -2.33. The minimum Gasteiger partial charge on any atom is -0.505 e. The van der Waals surface area contributed by atoms with Crippen LogP contribution < -0.4 is 10.2 Å². The topological polar surface area (TPSA) is 69.6 Å². The number of amides is 1. The Kier molecular flexibility index (Phi) is 5.69. The Balaban J connectivity index is 1.58. The number of benzene rings is 2. The Hall–Kier alpha value is -2.24. The monoisotopic (exact) mass is 392 g/mol. The lowest BCUT2D eigenvalue weighted by atomic mass is 9.95. The third kappa shape index (κ3) is 4.11. The van der Waals surface area contributed by atoms with Gasteiger partial charge in [-0.3, -0.25) is 9.59 Å². The van der Waals surface area contributed by atoms with Gasteiger partial charge >= 0.3 is 0 Å². The summed E-state index contributed by atoms with van der Waals surface area (Å²) < 4.78 is 0. The van der Waals surface area contributed by atoms with Gasteiger partial charge in [0.25, 0.3) is 0 Å². The van der Waals surface area contributed by atoms with E-state index in [1.165, 1.54) is 12.1 Å². The molecule has 1 saturated heterocycles. The van der Waals surface area contributed by atoms with Gasteiger partial charge in [0, 0.05) is 35.9 Å². The molecule has 0 unspecified atom stereocenters. The van der Waals surface area contributed by atoms with Gasteiger partial charge < -0.3 is 15.3 Å². The van der Waals surface area contributed by atoms with Gasteiger partial charge in [-0.25, -0.2) is 0 Å². The van der Waals surface area contributed by atoms with Crippen LogP contribution in [0.5, 0.6) is 5.75 Å². The lowest BCUT2D eigenvalue weighted by Crippen LogP contribution is -2.38.